The van der Waals surface area contributed by atoms with Crippen molar-refractivity contribution in [3.63, 3.8) is 0 Å². The number of nitrogens with one attached hydrogen (secondary N) is 1. The predicted molar refractivity (Wildman–Crippen MR) is 95.2 cm³/mol. The van der Waals surface area contributed by atoms with E-state index in [9.17, 15) is 9.59 Å². The third-order valence-corrected chi connectivity index (χ3v) is 5.30. The van der Waals surface area contributed by atoms with Gasteiger partial charge in [0.2, 0.25) is 0 Å². The van der Waals surface area contributed by atoms with Gasteiger partial charge in [-0.1, -0.05) is 18.7 Å². The lowest BCUT2D eigenvalue weighted by Gasteiger charge is -2.12. The zero-order chi connectivity index (χ0) is 17.3. The lowest BCUT2D eigenvalue weighted by atomic mass is 10.2. The number of rotatable bonds is 5. The second-order valence-electron chi connectivity index (χ2n) is 5.43. The molecule has 0 saturated carbocycles. The second kappa shape index (κ2) is 6.89. The molecular formula is C14H15BrN6O2S. The van der Waals surface area contributed by atoms with Crippen molar-refractivity contribution in [2.75, 3.05) is 5.75 Å². The van der Waals surface area contributed by atoms with E-state index in [0.717, 1.165) is 10.9 Å². The van der Waals surface area contributed by atoms with E-state index in [1.165, 1.54) is 4.57 Å². The molecule has 126 valence electrons. The van der Waals surface area contributed by atoms with Gasteiger partial charge in [-0.2, -0.15) is 0 Å². The van der Waals surface area contributed by atoms with Gasteiger partial charge in [-0.05, 0) is 27.9 Å². The van der Waals surface area contributed by atoms with E-state index >= 15 is 0 Å². The van der Waals surface area contributed by atoms with Crippen LogP contribution in [-0.4, -0.2) is 34.8 Å². The Morgan fingerprint density at radius 2 is 2.04 bits per heavy atom. The normalized spacial score (nSPS) is 12.6. The molecule has 0 amide bonds. The van der Waals surface area contributed by atoms with Crippen molar-refractivity contribution < 1.29 is 0 Å². The van der Waals surface area contributed by atoms with E-state index in [1.54, 1.807) is 41.8 Å². The van der Waals surface area contributed by atoms with Crippen LogP contribution >= 0.6 is 27.7 Å². The molecule has 8 nitrogen and oxygen atoms in total. The first kappa shape index (κ1) is 16.9. The second-order valence-corrected chi connectivity index (χ2v) is 7.13. The SMILES string of the molecule is CC(CSc1ncccn1)Cn1c(Br)nc2c1c(=O)[nH]c(=O)n2C. The summed E-state index contributed by atoms with van der Waals surface area (Å²) in [5.74, 6) is 1.03. The van der Waals surface area contributed by atoms with Crippen molar-refractivity contribution in [2.24, 2.45) is 13.0 Å². The van der Waals surface area contributed by atoms with Crippen molar-refractivity contribution in [2.45, 2.75) is 18.6 Å². The fourth-order valence-electron chi connectivity index (χ4n) is 2.32. The van der Waals surface area contributed by atoms with Crippen LogP contribution < -0.4 is 11.2 Å². The summed E-state index contributed by atoms with van der Waals surface area (Å²) in [6.45, 7) is 2.66. The molecule has 0 radical (unpaired) electrons. The first-order valence-corrected chi connectivity index (χ1v) is 9.00. The number of halogens is 1. The molecule has 0 bridgehead atoms. The molecule has 10 heteroatoms. The largest absolute Gasteiger partial charge is 0.329 e. The Morgan fingerprint density at radius 1 is 1.33 bits per heavy atom. The highest BCUT2D eigenvalue weighted by molar-refractivity contribution is 9.10. The molecule has 0 aliphatic rings. The minimum absolute atomic E-state index is 0.240. The van der Waals surface area contributed by atoms with Crippen molar-refractivity contribution in [1.82, 2.24) is 29.1 Å². The molecule has 3 rings (SSSR count). The molecule has 0 fully saturated rings. The molecule has 1 atom stereocenters. The minimum Gasteiger partial charge on any atom is -0.312 e. The Kier molecular flexibility index (Phi) is 4.86. The van der Waals surface area contributed by atoms with Gasteiger partial charge >= 0.3 is 5.69 Å². The first-order chi connectivity index (χ1) is 11.5. The quantitative estimate of drug-likeness (QED) is 0.387. The lowest BCUT2D eigenvalue weighted by Crippen LogP contribution is -2.29. The third-order valence-electron chi connectivity index (χ3n) is 3.49. The van der Waals surface area contributed by atoms with E-state index in [1.807, 2.05) is 0 Å². The molecule has 3 aromatic heterocycles. The summed E-state index contributed by atoms with van der Waals surface area (Å²) >= 11 is 4.94. The van der Waals surface area contributed by atoms with Crippen molar-refractivity contribution >= 4 is 38.9 Å². The van der Waals surface area contributed by atoms with Gasteiger partial charge in [0, 0.05) is 31.7 Å². The van der Waals surface area contributed by atoms with Crippen LogP contribution in [0, 0.1) is 5.92 Å². The Bertz CT molecular complexity index is 981. The van der Waals surface area contributed by atoms with Crippen LogP contribution in [0.5, 0.6) is 0 Å². The first-order valence-electron chi connectivity index (χ1n) is 7.22. The average Bonchev–Trinajstić information content (AvgIpc) is 2.89. The number of imidazole rings is 1. The van der Waals surface area contributed by atoms with Gasteiger partial charge in [0.05, 0.1) is 0 Å². The number of hydrogen-bond acceptors (Lipinski definition) is 6. The summed E-state index contributed by atoms with van der Waals surface area (Å²) in [7, 11) is 1.58. The summed E-state index contributed by atoms with van der Waals surface area (Å²) in [6.07, 6.45) is 3.42. The predicted octanol–water partition coefficient (Wildman–Crippen LogP) is 1.40. The van der Waals surface area contributed by atoms with Crippen LogP contribution in [0.1, 0.15) is 6.92 Å². The molecule has 0 spiro atoms. The van der Waals surface area contributed by atoms with E-state index in [-0.39, 0.29) is 5.92 Å². The number of thioether (sulfide) groups is 1. The van der Waals surface area contributed by atoms with E-state index in [0.29, 0.717) is 22.4 Å². The van der Waals surface area contributed by atoms with Gasteiger partial charge in [0.1, 0.15) is 0 Å². The van der Waals surface area contributed by atoms with Gasteiger partial charge in [0.15, 0.2) is 21.1 Å². The summed E-state index contributed by atoms with van der Waals surface area (Å²) in [6, 6.07) is 1.78. The third kappa shape index (κ3) is 3.29. The Balaban J connectivity index is 1.85. The van der Waals surface area contributed by atoms with Crippen molar-refractivity contribution in [3.05, 3.63) is 44.0 Å². The van der Waals surface area contributed by atoms with Gasteiger partial charge in [-0.3, -0.25) is 14.3 Å². The zero-order valence-electron chi connectivity index (χ0n) is 13.1. The molecule has 3 aromatic rings. The summed E-state index contributed by atoms with van der Waals surface area (Å²) < 4.78 is 3.64. The number of aromatic amines is 1. The monoisotopic (exact) mass is 410 g/mol. The van der Waals surface area contributed by atoms with Crippen molar-refractivity contribution in [3.8, 4) is 0 Å². The van der Waals surface area contributed by atoms with Crippen LogP contribution in [0.3, 0.4) is 0 Å². The zero-order valence-corrected chi connectivity index (χ0v) is 15.5. The summed E-state index contributed by atoms with van der Waals surface area (Å²) in [5.41, 5.74) is -0.161. The number of nitrogens with zero attached hydrogens (tertiary/aromatic N) is 5. The number of hydrogen-bond donors (Lipinski definition) is 1. The maximum Gasteiger partial charge on any atom is 0.329 e. The Morgan fingerprint density at radius 3 is 2.75 bits per heavy atom. The molecule has 0 aromatic carbocycles. The van der Waals surface area contributed by atoms with Crippen LogP contribution in [0.25, 0.3) is 11.2 Å². The topological polar surface area (TPSA) is 98.5 Å². The minimum atomic E-state index is -0.477. The number of aryl methyl sites for hydroxylation is 1. The Hall–Kier alpha value is -1.94. The summed E-state index contributed by atoms with van der Waals surface area (Å²) in [4.78, 5) is 38.8. The maximum absolute atomic E-state index is 12.2. The maximum atomic E-state index is 12.2. The fraction of sp³-hybridized carbons (Fsp3) is 0.357. The average molecular weight is 411 g/mol. The van der Waals surface area contributed by atoms with Crippen molar-refractivity contribution in [1.29, 1.82) is 0 Å². The standard InChI is InChI=1S/C14H15BrN6O2S/c1-8(7-24-13-16-4-3-5-17-13)6-21-9-10(18-12(21)15)20(2)14(23)19-11(9)22/h3-5,8H,6-7H2,1-2H3,(H,19,22,23). The molecule has 0 aliphatic carbocycles. The van der Waals surface area contributed by atoms with Crippen LogP contribution in [-0.2, 0) is 13.6 Å². The van der Waals surface area contributed by atoms with Gasteiger partial charge < -0.3 is 4.57 Å². The molecule has 3 heterocycles. The van der Waals surface area contributed by atoms with E-state index in [2.05, 4.69) is 42.8 Å². The van der Waals surface area contributed by atoms with E-state index < -0.39 is 11.2 Å². The summed E-state index contributed by atoms with van der Waals surface area (Å²) in [5, 5.41) is 0.721. The Labute approximate surface area is 149 Å². The highest BCUT2D eigenvalue weighted by atomic mass is 79.9. The van der Waals surface area contributed by atoms with E-state index in [4.69, 9.17) is 0 Å². The fourth-order valence-corrected chi connectivity index (χ4v) is 3.62. The molecule has 24 heavy (non-hydrogen) atoms. The van der Waals surface area contributed by atoms with Crippen LogP contribution in [0.2, 0.25) is 0 Å². The molecule has 0 aliphatic heterocycles. The number of aromatic nitrogens is 6. The molecular weight excluding hydrogens is 396 g/mol. The number of H-pyrrole nitrogens is 1. The van der Waals surface area contributed by atoms with Gasteiger partial charge in [-0.15, -0.1) is 0 Å². The van der Waals surface area contributed by atoms with Crippen LogP contribution in [0.15, 0.2) is 37.9 Å². The van der Waals surface area contributed by atoms with Gasteiger partial charge in [-0.25, -0.2) is 19.7 Å². The molecule has 0 saturated heterocycles. The van der Waals surface area contributed by atoms with Gasteiger partial charge in [0.25, 0.3) is 5.56 Å². The molecule has 1 N–H and O–H groups in total. The highest BCUT2D eigenvalue weighted by Gasteiger charge is 2.17. The number of fused-ring (bicyclic) bond motifs is 1. The smallest absolute Gasteiger partial charge is 0.312 e. The molecule has 1 unspecified atom stereocenters. The lowest BCUT2D eigenvalue weighted by molar-refractivity contribution is 0.532. The highest BCUT2D eigenvalue weighted by Crippen LogP contribution is 2.21. The van der Waals surface area contributed by atoms with Crippen LogP contribution in [0.4, 0.5) is 0 Å².